The number of hydrogen-bond acceptors (Lipinski definition) is 4. The highest BCUT2D eigenvalue weighted by Crippen LogP contribution is 2.34. The Kier molecular flexibility index (Phi) is 5.04. The van der Waals surface area contributed by atoms with Gasteiger partial charge in [0.05, 0.1) is 30.0 Å². The Morgan fingerprint density at radius 1 is 1.21 bits per heavy atom. The van der Waals surface area contributed by atoms with Crippen LogP contribution in [0.1, 0.15) is 24.4 Å². The predicted molar refractivity (Wildman–Crippen MR) is 109 cm³/mol. The van der Waals surface area contributed by atoms with Crippen molar-refractivity contribution in [3.8, 4) is 5.75 Å². The number of hydrogen-bond donors (Lipinski definition) is 2. The minimum absolute atomic E-state index is 0.0783. The molecule has 0 saturated carbocycles. The molecule has 7 nitrogen and oxygen atoms in total. The van der Waals surface area contributed by atoms with Gasteiger partial charge in [-0.1, -0.05) is 28.1 Å². The summed E-state index contributed by atoms with van der Waals surface area (Å²) in [5.41, 5.74) is 0.257. The maximum absolute atomic E-state index is 12.5. The lowest BCUT2D eigenvalue weighted by atomic mass is 10.0. The molecule has 1 atom stereocenters. The molecule has 28 heavy (non-hydrogen) atoms. The first-order valence-corrected chi connectivity index (χ1v) is 9.76. The van der Waals surface area contributed by atoms with Crippen LogP contribution in [-0.2, 0) is 11.3 Å². The molecule has 4 rings (SSSR count). The summed E-state index contributed by atoms with van der Waals surface area (Å²) in [6.45, 7) is 0.621. The Morgan fingerprint density at radius 2 is 2.00 bits per heavy atom. The summed E-state index contributed by atoms with van der Waals surface area (Å²) in [6, 6.07) is 12.2. The van der Waals surface area contributed by atoms with E-state index in [0.717, 1.165) is 15.8 Å². The molecule has 0 radical (unpaired) electrons. The third kappa shape index (κ3) is 3.60. The number of rotatable bonds is 4. The normalized spacial score (nSPS) is 15.7. The average molecular weight is 444 g/mol. The zero-order chi connectivity index (χ0) is 19.7. The number of fused-ring (bicyclic) bond motifs is 2. The van der Waals surface area contributed by atoms with E-state index in [9.17, 15) is 14.4 Å². The van der Waals surface area contributed by atoms with Crippen molar-refractivity contribution in [2.75, 3.05) is 6.61 Å². The van der Waals surface area contributed by atoms with Gasteiger partial charge < -0.3 is 10.1 Å². The fourth-order valence-corrected chi connectivity index (χ4v) is 3.78. The minimum Gasteiger partial charge on any atom is -0.493 e. The highest BCUT2D eigenvalue weighted by atomic mass is 79.9. The van der Waals surface area contributed by atoms with E-state index in [-0.39, 0.29) is 36.0 Å². The number of amides is 1. The van der Waals surface area contributed by atoms with Crippen LogP contribution in [0, 0.1) is 0 Å². The molecule has 1 unspecified atom stereocenters. The molecule has 2 heterocycles. The zero-order valence-electron chi connectivity index (χ0n) is 14.9. The molecule has 2 aromatic carbocycles. The number of nitrogens with one attached hydrogen (secondary N) is 2. The van der Waals surface area contributed by atoms with Crippen molar-refractivity contribution in [1.29, 1.82) is 0 Å². The van der Waals surface area contributed by atoms with E-state index in [1.807, 2.05) is 18.2 Å². The lowest BCUT2D eigenvalue weighted by Crippen LogP contribution is -2.35. The van der Waals surface area contributed by atoms with Gasteiger partial charge in [-0.25, -0.2) is 4.68 Å². The van der Waals surface area contributed by atoms with Crippen molar-refractivity contribution >= 4 is 32.6 Å². The Balaban J connectivity index is 1.49. The standard InChI is InChI=1S/C20H18BrN3O4/c21-12-5-6-17-15(11-12)16(8-10-28-17)22-18(25)7-9-24-20(27)14-4-2-1-3-13(14)19(26)23-24/h1-6,11,16H,7-10H2,(H,22,25)(H,23,26). The van der Waals surface area contributed by atoms with Gasteiger partial charge in [-0.3, -0.25) is 19.5 Å². The molecular weight excluding hydrogens is 426 g/mol. The molecule has 0 spiro atoms. The third-order valence-corrected chi connectivity index (χ3v) is 5.29. The van der Waals surface area contributed by atoms with Crippen molar-refractivity contribution in [2.45, 2.75) is 25.4 Å². The molecular formula is C20H18BrN3O4. The number of benzene rings is 2. The topological polar surface area (TPSA) is 93.2 Å². The molecule has 8 heteroatoms. The van der Waals surface area contributed by atoms with Crippen LogP contribution in [-0.4, -0.2) is 22.3 Å². The fraction of sp³-hybridized carbons (Fsp3) is 0.250. The quantitative estimate of drug-likeness (QED) is 0.647. The molecule has 1 aliphatic heterocycles. The summed E-state index contributed by atoms with van der Waals surface area (Å²) in [5.74, 6) is 0.563. The number of halogens is 1. The minimum atomic E-state index is -0.348. The van der Waals surface area contributed by atoms with Gasteiger partial charge >= 0.3 is 0 Å². The zero-order valence-corrected chi connectivity index (χ0v) is 16.5. The first-order valence-electron chi connectivity index (χ1n) is 8.96. The Morgan fingerprint density at radius 3 is 2.82 bits per heavy atom. The first-order chi connectivity index (χ1) is 13.5. The second-order valence-corrected chi connectivity index (χ2v) is 7.55. The van der Waals surface area contributed by atoms with Crippen molar-refractivity contribution in [3.05, 3.63) is 73.2 Å². The van der Waals surface area contributed by atoms with Gasteiger partial charge in [0.15, 0.2) is 0 Å². The SMILES string of the molecule is O=C(CCn1[nH]c(=O)c2ccccc2c1=O)NC1CCOc2ccc(Br)cc21. The summed E-state index contributed by atoms with van der Waals surface area (Å²) in [5, 5.41) is 6.23. The van der Waals surface area contributed by atoms with Crippen LogP contribution in [0.5, 0.6) is 5.75 Å². The number of aryl methyl sites for hydroxylation is 1. The van der Waals surface area contributed by atoms with Crippen molar-refractivity contribution in [2.24, 2.45) is 0 Å². The maximum Gasteiger partial charge on any atom is 0.273 e. The van der Waals surface area contributed by atoms with Crippen LogP contribution in [0.3, 0.4) is 0 Å². The van der Waals surface area contributed by atoms with E-state index >= 15 is 0 Å². The molecule has 3 aromatic rings. The largest absolute Gasteiger partial charge is 0.493 e. The Labute approximate surface area is 168 Å². The smallest absolute Gasteiger partial charge is 0.273 e. The van der Waals surface area contributed by atoms with Crippen molar-refractivity contribution < 1.29 is 9.53 Å². The number of aromatic nitrogens is 2. The van der Waals surface area contributed by atoms with Gasteiger partial charge in [0.1, 0.15) is 5.75 Å². The van der Waals surface area contributed by atoms with E-state index in [0.29, 0.717) is 23.8 Å². The summed E-state index contributed by atoms with van der Waals surface area (Å²) in [6.07, 6.45) is 0.747. The van der Waals surface area contributed by atoms with Gasteiger partial charge in [0, 0.05) is 22.9 Å². The molecule has 1 aromatic heterocycles. The highest BCUT2D eigenvalue weighted by Gasteiger charge is 2.23. The maximum atomic E-state index is 12.5. The molecule has 144 valence electrons. The third-order valence-electron chi connectivity index (χ3n) is 4.79. The van der Waals surface area contributed by atoms with E-state index in [1.165, 1.54) is 4.68 Å². The summed E-state index contributed by atoms with van der Waals surface area (Å²) in [7, 11) is 0. The van der Waals surface area contributed by atoms with Gasteiger partial charge in [0.2, 0.25) is 5.91 Å². The van der Waals surface area contributed by atoms with E-state index < -0.39 is 0 Å². The van der Waals surface area contributed by atoms with Gasteiger partial charge in [-0.05, 0) is 30.3 Å². The molecule has 1 aliphatic rings. The van der Waals surface area contributed by atoms with E-state index in [4.69, 9.17) is 4.74 Å². The number of carbonyl (C=O) groups is 1. The molecule has 2 N–H and O–H groups in total. The Bertz CT molecular complexity index is 1170. The van der Waals surface area contributed by atoms with E-state index in [2.05, 4.69) is 26.3 Å². The molecule has 0 saturated heterocycles. The van der Waals surface area contributed by atoms with Gasteiger partial charge in [-0.2, -0.15) is 0 Å². The lowest BCUT2D eigenvalue weighted by Gasteiger charge is -2.27. The monoisotopic (exact) mass is 443 g/mol. The van der Waals surface area contributed by atoms with E-state index in [1.54, 1.807) is 24.3 Å². The summed E-state index contributed by atoms with van der Waals surface area (Å²) >= 11 is 3.44. The highest BCUT2D eigenvalue weighted by molar-refractivity contribution is 9.10. The number of ether oxygens (including phenoxy) is 1. The number of aromatic amines is 1. The molecule has 0 bridgehead atoms. The van der Waals surface area contributed by atoms with Crippen LogP contribution in [0.15, 0.2) is 56.5 Å². The van der Waals surface area contributed by atoms with Gasteiger partial charge in [0.25, 0.3) is 11.1 Å². The van der Waals surface area contributed by atoms with Crippen LogP contribution in [0.4, 0.5) is 0 Å². The Hall–Kier alpha value is -2.87. The second-order valence-electron chi connectivity index (χ2n) is 6.63. The molecule has 1 amide bonds. The summed E-state index contributed by atoms with van der Waals surface area (Å²) in [4.78, 5) is 37.1. The summed E-state index contributed by atoms with van der Waals surface area (Å²) < 4.78 is 7.74. The van der Waals surface area contributed by atoms with Crippen molar-refractivity contribution in [1.82, 2.24) is 15.1 Å². The van der Waals surface area contributed by atoms with Crippen LogP contribution < -0.4 is 21.2 Å². The fourth-order valence-electron chi connectivity index (χ4n) is 3.40. The predicted octanol–water partition coefficient (Wildman–Crippen LogP) is 2.48. The van der Waals surface area contributed by atoms with Crippen LogP contribution >= 0.6 is 15.9 Å². The molecule has 0 aliphatic carbocycles. The van der Waals surface area contributed by atoms with Crippen LogP contribution in [0.2, 0.25) is 0 Å². The second kappa shape index (κ2) is 7.63. The van der Waals surface area contributed by atoms with Crippen molar-refractivity contribution in [3.63, 3.8) is 0 Å². The number of nitrogens with zero attached hydrogens (tertiary/aromatic N) is 1. The van der Waals surface area contributed by atoms with Gasteiger partial charge in [-0.15, -0.1) is 0 Å². The molecule has 0 fully saturated rings. The van der Waals surface area contributed by atoms with Crippen LogP contribution in [0.25, 0.3) is 10.8 Å². The lowest BCUT2D eigenvalue weighted by molar-refractivity contribution is -0.122. The number of carbonyl (C=O) groups excluding carboxylic acids is 1. The first kappa shape index (κ1) is 18.5. The number of H-pyrrole nitrogens is 1. The average Bonchev–Trinajstić information content (AvgIpc) is 2.70.